The number of hydrogen-bond acceptors (Lipinski definition) is 1. The molecule has 3 rings (SSSR count). The third-order valence-electron chi connectivity index (χ3n) is 6.39. The second-order valence-electron chi connectivity index (χ2n) is 8.03. The summed E-state index contributed by atoms with van der Waals surface area (Å²) in [7, 11) is 0. The molecule has 128 valence electrons. The second kappa shape index (κ2) is 8.33. The molecule has 0 atom stereocenters. The smallest absolute Gasteiger partial charge is 0.0540 e. The minimum Gasteiger partial charge on any atom is -0.393 e. The Balaban J connectivity index is 1.52. The van der Waals surface area contributed by atoms with Gasteiger partial charge in [-0.2, -0.15) is 0 Å². The zero-order valence-electron chi connectivity index (χ0n) is 14.8. The number of hydrogen-bond donors (Lipinski definition) is 1. The first kappa shape index (κ1) is 17.0. The molecule has 1 nitrogen and oxygen atoms in total. The van der Waals surface area contributed by atoms with Crippen LogP contribution in [0.5, 0.6) is 0 Å². The monoisotopic (exact) mass is 314 g/mol. The van der Waals surface area contributed by atoms with Crippen molar-refractivity contribution in [1.82, 2.24) is 0 Å². The number of aliphatic hydroxyl groups is 1. The van der Waals surface area contributed by atoms with Crippen molar-refractivity contribution in [3.05, 3.63) is 35.4 Å². The van der Waals surface area contributed by atoms with E-state index in [2.05, 4.69) is 31.2 Å². The molecule has 0 amide bonds. The van der Waals surface area contributed by atoms with Gasteiger partial charge in [0, 0.05) is 0 Å². The maximum absolute atomic E-state index is 9.66. The van der Waals surface area contributed by atoms with E-state index in [0.717, 1.165) is 37.5 Å². The largest absolute Gasteiger partial charge is 0.393 e. The predicted octanol–water partition coefficient (Wildman–Crippen LogP) is 6.17. The lowest BCUT2D eigenvalue weighted by molar-refractivity contribution is 0.122. The Hall–Kier alpha value is -0.820. The van der Waals surface area contributed by atoms with Crippen LogP contribution in [0, 0.1) is 5.92 Å². The molecular formula is C22H34O. The van der Waals surface area contributed by atoms with Crippen molar-refractivity contribution in [2.45, 2.75) is 95.5 Å². The Labute approximate surface area is 142 Å². The maximum Gasteiger partial charge on any atom is 0.0540 e. The van der Waals surface area contributed by atoms with Crippen molar-refractivity contribution in [3.8, 4) is 0 Å². The van der Waals surface area contributed by atoms with Crippen LogP contribution >= 0.6 is 0 Å². The summed E-state index contributed by atoms with van der Waals surface area (Å²) < 4.78 is 0. The van der Waals surface area contributed by atoms with Crippen LogP contribution in [0.15, 0.2) is 24.3 Å². The Morgan fingerprint density at radius 3 is 1.74 bits per heavy atom. The van der Waals surface area contributed by atoms with Gasteiger partial charge in [0.05, 0.1) is 6.10 Å². The summed E-state index contributed by atoms with van der Waals surface area (Å²) in [6.07, 6.45) is 14.1. The van der Waals surface area contributed by atoms with Gasteiger partial charge in [0.1, 0.15) is 0 Å². The molecule has 0 saturated heterocycles. The normalized spacial score (nSPS) is 31.9. The molecule has 0 unspecified atom stereocenters. The fourth-order valence-electron chi connectivity index (χ4n) is 4.73. The highest BCUT2D eigenvalue weighted by Gasteiger charge is 2.23. The van der Waals surface area contributed by atoms with E-state index in [-0.39, 0.29) is 6.10 Å². The Bertz CT molecular complexity index is 447. The Morgan fingerprint density at radius 1 is 0.783 bits per heavy atom. The molecule has 23 heavy (non-hydrogen) atoms. The van der Waals surface area contributed by atoms with Gasteiger partial charge in [0.2, 0.25) is 0 Å². The lowest BCUT2D eigenvalue weighted by Gasteiger charge is -2.29. The molecule has 2 aliphatic carbocycles. The second-order valence-corrected chi connectivity index (χ2v) is 8.03. The summed E-state index contributed by atoms with van der Waals surface area (Å²) in [5.74, 6) is 2.48. The lowest BCUT2D eigenvalue weighted by Crippen LogP contribution is -2.17. The third kappa shape index (κ3) is 4.59. The van der Waals surface area contributed by atoms with Crippen molar-refractivity contribution < 1.29 is 5.11 Å². The van der Waals surface area contributed by atoms with Crippen molar-refractivity contribution in [2.24, 2.45) is 5.92 Å². The summed E-state index contributed by atoms with van der Waals surface area (Å²) >= 11 is 0. The first-order chi connectivity index (χ1) is 11.3. The van der Waals surface area contributed by atoms with E-state index >= 15 is 0 Å². The highest BCUT2D eigenvalue weighted by Crippen LogP contribution is 2.39. The molecule has 0 spiro atoms. The van der Waals surface area contributed by atoms with Crippen LogP contribution in [0.25, 0.3) is 0 Å². The molecular weight excluding hydrogens is 280 g/mol. The van der Waals surface area contributed by atoms with E-state index in [1.165, 1.54) is 50.5 Å². The van der Waals surface area contributed by atoms with Gasteiger partial charge in [0.15, 0.2) is 0 Å². The van der Waals surface area contributed by atoms with Crippen LogP contribution < -0.4 is 0 Å². The quantitative estimate of drug-likeness (QED) is 0.689. The molecule has 0 aromatic heterocycles. The van der Waals surface area contributed by atoms with Gasteiger partial charge in [-0.15, -0.1) is 0 Å². The minimum absolute atomic E-state index is 0.0478. The molecule has 0 bridgehead atoms. The maximum atomic E-state index is 9.66. The SMILES string of the molecule is CCCCC1CCC(c2ccc(C3CCC(O)CC3)cc2)CC1. The van der Waals surface area contributed by atoms with Gasteiger partial charge < -0.3 is 5.11 Å². The minimum atomic E-state index is -0.0478. The van der Waals surface area contributed by atoms with E-state index in [9.17, 15) is 5.11 Å². The van der Waals surface area contributed by atoms with Gasteiger partial charge in [-0.25, -0.2) is 0 Å². The van der Waals surface area contributed by atoms with Crippen LogP contribution in [0.1, 0.15) is 101 Å². The summed E-state index contributed by atoms with van der Waals surface area (Å²) in [6, 6.07) is 9.55. The third-order valence-corrected chi connectivity index (χ3v) is 6.39. The molecule has 0 radical (unpaired) electrons. The van der Waals surface area contributed by atoms with Crippen LogP contribution in [0.2, 0.25) is 0 Å². The van der Waals surface area contributed by atoms with Crippen molar-refractivity contribution in [1.29, 1.82) is 0 Å². The molecule has 0 heterocycles. The fraction of sp³-hybridized carbons (Fsp3) is 0.727. The topological polar surface area (TPSA) is 20.2 Å². The zero-order chi connectivity index (χ0) is 16.1. The van der Waals surface area contributed by atoms with E-state index in [0.29, 0.717) is 5.92 Å². The lowest BCUT2D eigenvalue weighted by atomic mass is 9.76. The van der Waals surface area contributed by atoms with Crippen LogP contribution in [-0.2, 0) is 0 Å². The summed E-state index contributed by atoms with van der Waals surface area (Å²) in [4.78, 5) is 0. The number of benzene rings is 1. The Kier molecular flexibility index (Phi) is 6.16. The summed E-state index contributed by atoms with van der Waals surface area (Å²) in [5, 5.41) is 9.66. The molecule has 1 N–H and O–H groups in total. The van der Waals surface area contributed by atoms with Crippen molar-refractivity contribution in [2.75, 3.05) is 0 Å². The zero-order valence-corrected chi connectivity index (χ0v) is 14.8. The van der Waals surface area contributed by atoms with E-state index < -0.39 is 0 Å². The highest BCUT2D eigenvalue weighted by atomic mass is 16.3. The molecule has 2 saturated carbocycles. The molecule has 0 aliphatic heterocycles. The van der Waals surface area contributed by atoms with Gasteiger partial charge in [-0.3, -0.25) is 0 Å². The van der Waals surface area contributed by atoms with Gasteiger partial charge in [0.25, 0.3) is 0 Å². The first-order valence-corrected chi connectivity index (χ1v) is 10.0. The fourth-order valence-corrected chi connectivity index (χ4v) is 4.73. The standard InChI is InChI=1S/C22H34O/c1-2-3-4-17-5-7-18(8-6-17)19-9-11-20(12-10-19)21-13-15-22(23)16-14-21/h9-12,17-18,21-23H,2-8,13-16H2,1H3. The van der Waals surface area contributed by atoms with Crippen LogP contribution in [-0.4, -0.2) is 11.2 Å². The molecule has 1 aromatic rings. The van der Waals surface area contributed by atoms with Gasteiger partial charge >= 0.3 is 0 Å². The molecule has 2 fully saturated rings. The average molecular weight is 315 g/mol. The molecule has 1 aromatic carbocycles. The van der Waals surface area contributed by atoms with Gasteiger partial charge in [-0.05, 0) is 80.2 Å². The number of rotatable bonds is 5. The van der Waals surface area contributed by atoms with E-state index in [1.54, 1.807) is 5.56 Å². The van der Waals surface area contributed by atoms with Crippen LogP contribution in [0.3, 0.4) is 0 Å². The van der Waals surface area contributed by atoms with Crippen LogP contribution in [0.4, 0.5) is 0 Å². The van der Waals surface area contributed by atoms with Crippen molar-refractivity contribution in [3.63, 3.8) is 0 Å². The summed E-state index contributed by atoms with van der Waals surface area (Å²) in [5.41, 5.74) is 3.07. The number of aliphatic hydroxyl groups excluding tert-OH is 1. The molecule has 1 heteroatoms. The van der Waals surface area contributed by atoms with E-state index in [4.69, 9.17) is 0 Å². The molecule has 2 aliphatic rings. The predicted molar refractivity (Wildman–Crippen MR) is 97.9 cm³/mol. The van der Waals surface area contributed by atoms with Gasteiger partial charge in [-0.1, -0.05) is 50.5 Å². The average Bonchev–Trinajstić information content (AvgIpc) is 2.61. The van der Waals surface area contributed by atoms with Crippen molar-refractivity contribution >= 4 is 0 Å². The highest BCUT2D eigenvalue weighted by molar-refractivity contribution is 5.28. The summed E-state index contributed by atoms with van der Waals surface area (Å²) in [6.45, 7) is 2.31. The first-order valence-electron chi connectivity index (χ1n) is 10.0. The van der Waals surface area contributed by atoms with E-state index in [1.807, 2.05) is 0 Å². The Morgan fingerprint density at radius 2 is 1.26 bits per heavy atom. The number of unbranched alkanes of at least 4 members (excludes halogenated alkanes) is 1.